The molecule has 0 aliphatic carbocycles. The molecule has 1 saturated heterocycles. The van der Waals surface area contributed by atoms with Crippen LogP contribution in [0.25, 0.3) is 0 Å². The molecule has 1 fully saturated rings. The zero-order valence-corrected chi connectivity index (χ0v) is 5.08. The normalized spacial score (nSPS) is 28.3. The van der Waals surface area contributed by atoms with Crippen LogP contribution in [-0.4, -0.2) is 8.74 Å². The Bertz CT molecular complexity index is 64.1. The third-order valence-corrected chi connectivity index (χ3v) is 3.51. The van der Waals surface area contributed by atoms with Crippen molar-refractivity contribution in [3.8, 4) is 0 Å². The van der Waals surface area contributed by atoms with E-state index in [-0.39, 0.29) is 12.1 Å². The number of hydrogen-bond donors (Lipinski definition) is 0. The minimum Gasteiger partial charge on any atom is -0.270 e. The van der Waals surface area contributed by atoms with Gasteiger partial charge in [-0.05, 0) is 12.1 Å². The van der Waals surface area contributed by atoms with Crippen LogP contribution >= 0.6 is 0 Å². The fraction of sp³-hybridized carbons (Fsp3) is 1.00. The van der Waals surface area contributed by atoms with Crippen LogP contribution in [0.2, 0.25) is 12.1 Å². The van der Waals surface area contributed by atoms with E-state index in [9.17, 15) is 8.22 Å². The third-order valence-electron chi connectivity index (χ3n) is 1.34. The van der Waals surface area contributed by atoms with Crippen LogP contribution in [0.5, 0.6) is 0 Å². The zero-order valence-electron chi connectivity index (χ0n) is 4.08. The first-order chi connectivity index (χ1) is 3.21. The molecule has 0 saturated carbocycles. The van der Waals surface area contributed by atoms with Crippen LogP contribution in [0.4, 0.5) is 8.22 Å². The molecule has 0 amide bonds. The molecule has 0 radical (unpaired) electrons. The van der Waals surface area contributed by atoms with E-state index in [0.29, 0.717) is 0 Å². The Morgan fingerprint density at radius 2 is 1.43 bits per heavy atom. The Kier molecular flexibility index (Phi) is 1.15. The quantitative estimate of drug-likeness (QED) is 0.341. The Morgan fingerprint density at radius 1 is 1.00 bits per heavy atom. The van der Waals surface area contributed by atoms with Crippen LogP contribution in [0.15, 0.2) is 0 Å². The summed E-state index contributed by atoms with van der Waals surface area (Å²) in [4.78, 5) is 0. The summed E-state index contributed by atoms with van der Waals surface area (Å²) in [6, 6.07) is 0.514. The molecule has 7 heavy (non-hydrogen) atoms. The van der Waals surface area contributed by atoms with Crippen molar-refractivity contribution >= 4 is 8.74 Å². The van der Waals surface area contributed by atoms with Crippen LogP contribution in [0.1, 0.15) is 12.8 Å². The summed E-state index contributed by atoms with van der Waals surface area (Å²) in [6.45, 7) is 0. The van der Waals surface area contributed by atoms with Gasteiger partial charge in [-0.1, -0.05) is 12.8 Å². The maximum atomic E-state index is 12.1. The monoisotopic (exact) mass is 122 g/mol. The van der Waals surface area contributed by atoms with E-state index in [1.807, 2.05) is 0 Å². The highest BCUT2D eigenvalue weighted by Crippen LogP contribution is 2.31. The molecule has 0 spiro atoms. The molecule has 0 aromatic carbocycles. The molecule has 3 heteroatoms. The summed E-state index contributed by atoms with van der Waals surface area (Å²) >= 11 is 0. The first kappa shape index (κ1) is 5.22. The molecule has 0 aromatic heterocycles. The lowest BCUT2D eigenvalue weighted by Crippen LogP contribution is -2.14. The van der Waals surface area contributed by atoms with Crippen molar-refractivity contribution in [1.82, 2.24) is 0 Å². The van der Waals surface area contributed by atoms with Gasteiger partial charge in [0.15, 0.2) is 0 Å². The van der Waals surface area contributed by atoms with Crippen LogP contribution < -0.4 is 0 Å². The summed E-state index contributed by atoms with van der Waals surface area (Å²) in [7, 11) is -3.54. The Balaban J connectivity index is 2.40. The number of rotatable bonds is 0. The highest BCUT2D eigenvalue weighted by Gasteiger charge is 2.38. The fourth-order valence-electron chi connectivity index (χ4n) is 0.892. The molecule has 1 rings (SSSR count). The van der Waals surface area contributed by atoms with Crippen molar-refractivity contribution in [2.75, 3.05) is 0 Å². The van der Waals surface area contributed by atoms with Crippen molar-refractivity contribution in [2.24, 2.45) is 0 Å². The first-order valence-electron chi connectivity index (χ1n) is 2.59. The van der Waals surface area contributed by atoms with Crippen molar-refractivity contribution < 1.29 is 8.22 Å². The van der Waals surface area contributed by atoms with Gasteiger partial charge in [0.05, 0.1) is 0 Å². The molecule has 1 aliphatic heterocycles. The fourth-order valence-corrected chi connectivity index (χ4v) is 2.68. The molecular formula is C4H8F2Si. The average molecular weight is 122 g/mol. The second kappa shape index (κ2) is 1.54. The second-order valence-electron chi connectivity index (χ2n) is 2.06. The van der Waals surface area contributed by atoms with Gasteiger partial charge in [-0.25, -0.2) is 0 Å². The van der Waals surface area contributed by atoms with Gasteiger partial charge >= 0.3 is 8.74 Å². The molecule has 0 nitrogen and oxygen atoms in total. The maximum Gasteiger partial charge on any atom is 0.425 e. The molecule has 0 N–H and O–H groups in total. The van der Waals surface area contributed by atoms with Crippen molar-refractivity contribution in [1.29, 1.82) is 0 Å². The lowest BCUT2D eigenvalue weighted by atomic mass is 10.4. The highest BCUT2D eigenvalue weighted by molar-refractivity contribution is 6.66. The standard InChI is InChI=1S/C4H8F2Si/c5-7(6)3-1-2-4-7/h1-4H2. The predicted molar refractivity (Wildman–Crippen MR) is 26.8 cm³/mol. The van der Waals surface area contributed by atoms with E-state index in [4.69, 9.17) is 0 Å². The first-order valence-corrected chi connectivity index (χ1v) is 4.76. The van der Waals surface area contributed by atoms with Crippen LogP contribution in [0.3, 0.4) is 0 Å². The molecular weight excluding hydrogens is 114 g/mol. The summed E-state index contributed by atoms with van der Waals surface area (Å²) in [6.07, 6.45) is 1.55. The average Bonchev–Trinajstić information content (AvgIpc) is 1.84. The Hall–Kier alpha value is 0.0769. The van der Waals surface area contributed by atoms with Crippen molar-refractivity contribution in [3.05, 3.63) is 0 Å². The molecule has 0 unspecified atom stereocenters. The van der Waals surface area contributed by atoms with Gasteiger partial charge in [0, 0.05) is 0 Å². The summed E-state index contributed by atoms with van der Waals surface area (Å²) in [5, 5.41) is 0. The molecule has 1 aliphatic rings. The van der Waals surface area contributed by atoms with E-state index in [1.54, 1.807) is 0 Å². The van der Waals surface area contributed by atoms with Gasteiger partial charge < -0.3 is 0 Å². The zero-order chi connectivity index (χ0) is 5.33. The van der Waals surface area contributed by atoms with Crippen LogP contribution in [0, 0.1) is 0 Å². The van der Waals surface area contributed by atoms with Crippen molar-refractivity contribution in [3.63, 3.8) is 0 Å². The van der Waals surface area contributed by atoms with E-state index in [0.717, 1.165) is 12.8 Å². The summed E-state index contributed by atoms with van der Waals surface area (Å²) in [5.74, 6) is 0. The van der Waals surface area contributed by atoms with Gasteiger partial charge in [0.2, 0.25) is 0 Å². The number of halogens is 2. The van der Waals surface area contributed by atoms with Gasteiger partial charge in [0.25, 0.3) is 0 Å². The summed E-state index contributed by atoms with van der Waals surface area (Å²) < 4.78 is 24.2. The summed E-state index contributed by atoms with van der Waals surface area (Å²) in [5.41, 5.74) is 0. The minimum atomic E-state index is -3.54. The van der Waals surface area contributed by atoms with E-state index in [2.05, 4.69) is 0 Å². The minimum absolute atomic E-state index is 0.257. The van der Waals surface area contributed by atoms with E-state index >= 15 is 0 Å². The van der Waals surface area contributed by atoms with Crippen LogP contribution in [-0.2, 0) is 0 Å². The highest BCUT2D eigenvalue weighted by atomic mass is 28.4. The lowest BCUT2D eigenvalue weighted by molar-refractivity contribution is 0.609. The topological polar surface area (TPSA) is 0 Å². The van der Waals surface area contributed by atoms with E-state index < -0.39 is 8.74 Å². The van der Waals surface area contributed by atoms with Crippen molar-refractivity contribution in [2.45, 2.75) is 24.9 Å². The smallest absolute Gasteiger partial charge is 0.270 e. The number of hydrogen-bond acceptors (Lipinski definition) is 0. The SMILES string of the molecule is F[Si]1(F)CCCC1. The molecule has 0 aromatic rings. The second-order valence-corrected chi connectivity index (χ2v) is 4.77. The van der Waals surface area contributed by atoms with E-state index in [1.165, 1.54) is 0 Å². The maximum absolute atomic E-state index is 12.1. The predicted octanol–water partition coefficient (Wildman–Crippen LogP) is 2.16. The van der Waals surface area contributed by atoms with Gasteiger partial charge in [0.1, 0.15) is 0 Å². The molecule has 0 bridgehead atoms. The van der Waals surface area contributed by atoms with Gasteiger partial charge in [-0.3, -0.25) is 8.22 Å². The largest absolute Gasteiger partial charge is 0.425 e. The van der Waals surface area contributed by atoms with Gasteiger partial charge in [-0.2, -0.15) is 0 Å². The lowest BCUT2D eigenvalue weighted by Gasteiger charge is -1.97. The Morgan fingerprint density at radius 3 is 1.57 bits per heavy atom. The molecule has 1 heterocycles. The Labute approximate surface area is 42.9 Å². The third kappa shape index (κ3) is 1.23. The molecule has 42 valence electrons. The molecule has 0 atom stereocenters. The van der Waals surface area contributed by atoms with Gasteiger partial charge in [-0.15, -0.1) is 0 Å².